The van der Waals surface area contributed by atoms with E-state index in [2.05, 4.69) is 45.2 Å². The Labute approximate surface area is 70.9 Å². The van der Waals surface area contributed by atoms with E-state index in [1.807, 2.05) is 0 Å². The smallest absolute Gasteiger partial charge is 0.00105 e. The van der Waals surface area contributed by atoms with Crippen LogP contribution in [0.3, 0.4) is 0 Å². The molecule has 0 fully saturated rings. The average Bonchev–Trinajstić information content (AvgIpc) is 1.85. The van der Waals surface area contributed by atoms with Crippen molar-refractivity contribution in [2.45, 2.75) is 40.2 Å². The standard InChI is InChI=1S/C10H21N/c1-9(2)7-5-6-8-11-10(3)4/h5,7,9-11H,6,8H2,1-4H3/b7-5+. The molecule has 0 amide bonds. The summed E-state index contributed by atoms with van der Waals surface area (Å²) >= 11 is 0. The normalized spacial score (nSPS) is 12.2. The molecule has 0 aromatic rings. The summed E-state index contributed by atoms with van der Waals surface area (Å²) in [4.78, 5) is 0. The van der Waals surface area contributed by atoms with Gasteiger partial charge in [-0.15, -0.1) is 0 Å². The first-order valence-electron chi connectivity index (χ1n) is 4.53. The van der Waals surface area contributed by atoms with Crippen molar-refractivity contribution < 1.29 is 0 Å². The van der Waals surface area contributed by atoms with Crippen molar-refractivity contribution >= 4 is 0 Å². The molecule has 0 bridgehead atoms. The lowest BCUT2D eigenvalue weighted by Gasteiger charge is -2.04. The maximum atomic E-state index is 3.37. The predicted molar refractivity (Wildman–Crippen MR) is 51.7 cm³/mol. The summed E-state index contributed by atoms with van der Waals surface area (Å²) in [6.45, 7) is 9.85. The van der Waals surface area contributed by atoms with Crippen LogP contribution in [0.25, 0.3) is 0 Å². The Balaban J connectivity index is 3.14. The summed E-state index contributed by atoms with van der Waals surface area (Å²) in [6.07, 6.45) is 5.65. The largest absolute Gasteiger partial charge is 0.314 e. The SMILES string of the molecule is CC(C)/C=C/CCNC(C)C. The Morgan fingerprint density at radius 1 is 1.18 bits per heavy atom. The molecule has 1 heteroatoms. The summed E-state index contributed by atoms with van der Waals surface area (Å²) in [6, 6.07) is 0.613. The van der Waals surface area contributed by atoms with Gasteiger partial charge in [0.05, 0.1) is 0 Å². The van der Waals surface area contributed by atoms with E-state index in [4.69, 9.17) is 0 Å². The Morgan fingerprint density at radius 3 is 2.27 bits per heavy atom. The molecule has 0 aromatic carbocycles. The van der Waals surface area contributed by atoms with Crippen molar-refractivity contribution in [3.63, 3.8) is 0 Å². The lowest BCUT2D eigenvalue weighted by atomic mass is 10.2. The minimum absolute atomic E-state index is 0.613. The molecule has 0 radical (unpaired) electrons. The fourth-order valence-electron chi connectivity index (χ4n) is 0.824. The highest BCUT2D eigenvalue weighted by Gasteiger charge is 1.88. The van der Waals surface area contributed by atoms with Crippen molar-refractivity contribution in [2.75, 3.05) is 6.54 Å². The first kappa shape index (κ1) is 10.7. The Bertz CT molecular complexity index is 103. The minimum Gasteiger partial charge on any atom is -0.314 e. The van der Waals surface area contributed by atoms with Crippen LogP contribution >= 0.6 is 0 Å². The van der Waals surface area contributed by atoms with Gasteiger partial charge < -0.3 is 5.32 Å². The molecule has 0 aliphatic heterocycles. The van der Waals surface area contributed by atoms with E-state index in [0.717, 1.165) is 13.0 Å². The van der Waals surface area contributed by atoms with Crippen LogP contribution in [-0.2, 0) is 0 Å². The van der Waals surface area contributed by atoms with Crippen LogP contribution in [-0.4, -0.2) is 12.6 Å². The third-order valence-corrected chi connectivity index (χ3v) is 1.38. The van der Waals surface area contributed by atoms with E-state index in [0.29, 0.717) is 12.0 Å². The molecule has 0 atom stereocenters. The van der Waals surface area contributed by atoms with Crippen molar-refractivity contribution in [1.82, 2.24) is 5.32 Å². The van der Waals surface area contributed by atoms with E-state index >= 15 is 0 Å². The summed E-state index contributed by atoms with van der Waals surface area (Å²) < 4.78 is 0. The van der Waals surface area contributed by atoms with Gasteiger partial charge in [-0.05, 0) is 18.9 Å². The van der Waals surface area contributed by atoms with Gasteiger partial charge in [0, 0.05) is 6.04 Å². The Morgan fingerprint density at radius 2 is 1.82 bits per heavy atom. The zero-order valence-corrected chi connectivity index (χ0v) is 8.22. The van der Waals surface area contributed by atoms with Crippen molar-refractivity contribution in [2.24, 2.45) is 5.92 Å². The van der Waals surface area contributed by atoms with Gasteiger partial charge in [0.1, 0.15) is 0 Å². The lowest BCUT2D eigenvalue weighted by molar-refractivity contribution is 0.594. The van der Waals surface area contributed by atoms with Crippen LogP contribution in [0.15, 0.2) is 12.2 Å². The molecule has 66 valence electrons. The molecule has 0 saturated heterocycles. The van der Waals surface area contributed by atoms with Gasteiger partial charge in [-0.2, -0.15) is 0 Å². The maximum absolute atomic E-state index is 3.37. The molecular formula is C10H21N. The highest BCUT2D eigenvalue weighted by molar-refractivity contribution is 4.84. The predicted octanol–water partition coefficient (Wildman–Crippen LogP) is 2.59. The molecule has 0 heterocycles. The van der Waals surface area contributed by atoms with E-state index in [-0.39, 0.29) is 0 Å². The zero-order chi connectivity index (χ0) is 8.69. The van der Waals surface area contributed by atoms with Crippen molar-refractivity contribution in [3.8, 4) is 0 Å². The van der Waals surface area contributed by atoms with Crippen LogP contribution in [0.5, 0.6) is 0 Å². The number of nitrogens with one attached hydrogen (secondary N) is 1. The molecule has 0 rings (SSSR count). The fraction of sp³-hybridized carbons (Fsp3) is 0.800. The average molecular weight is 155 g/mol. The number of rotatable bonds is 5. The molecule has 0 spiro atoms. The second kappa shape index (κ2) is 6.41. The summed E-state index contributed by atoms with van der Waals surface area (Å²) in [5.74, 6) is 0.689. The van der Waals surface area contributed by atoms with Gasteiger partial charge in [-0.3, -0.25) is 0 Å². The van der Waals surface area contributed by atoms with Crippen molar-refractivity contribution in [3.05, 3.63) is 12.2 Å². The van der Waals surface area contributed by atoms with E-state index < -0.39 is 0 Å². The second-order valence-electron chi connectivity index (χ2n) is 3.57. The lowest BCUT2D eigenvalue weighted by Crippen LogP contribution is -2.23. The van der Waals surface area contributed by atoms with Gasteiger partial charge in [0.15, 0.2) is 0 Å². The summed E-state index contributed by atoms with van der Waals surface area (Å²) in [5, 5.41) is 3.37. The van der Waals surface area contributed by atoms with Crippen LogP contribution in [0.1, 0.15) is 34.1 Å². The first-order valence-corrected chi connectivity index (χ1v) is 4.53. The zero-order valence-electron chi connectivity index (χ0n) is 8.22. The molecule has 0 saturated carbocycles. The van der Waals surface area contributed by atoms with Crippen LogP contribution in [0.2, 0.25) is 0 Å². The second-order valence-corrected chi connectivity index (χ2v) is 3.57. The van der Waals surface area contributed by atoms with Crippen LogP contribution in [0.4, 0.5) is 0 Å². The van der Waals surface area contributed by atoms with Gasteiger partial charge in [-0.1, -0.05) is 39.8 Å². The number of hydrogen-bond donors (Lipinski definition) is 1. The first-order chi connectivity index (χ1) is 5.13. The van der Waals surface area contributed by atoms with Crippen molar-refractivity contribution in [1.29, 1.82) is 0 Å². The third-order valence-electron chi connectivity index (χ3n) is 1.38. The molecule has 11 heavy (non-hydrogen) atoms. The van der Waals surface area contributed by atoms with E-state index in [9.17, 15) is 0 Å². The minimum atomic E-state index is 0.613. The van der Waals surface area contributed by atoms with E-state index in [1.54, 1.807) is 0 Å². The summed E-state index contributed by atoms with van der Waals surface area (Å²) in [5.41, 5.74) is 0. The monoisotopic (exact) mass is 155 g/mol. The molecule has 0 unspecified atom stereocenters. The molecule has 0 aromatic heterocycles. The Kier molecular flexibility index (Phi) is 6.24. The molecule has 0 aliphatic rings. The van der Waals surface area contributed by atoms with Gasteiger partial charge in [-0.25, -0.2) is 0 Å². The number of allylic oxidation sites excluding steroid dienone is 1. The maximum Gasteiger partial charge on any atom is 0.00105 e. The Hall–Kier alpha value is -0.300. The van der Waals surface area contributed by atoms with Gasteiger partial charge in [0.25, 0.3) is 0 Å². The third kappa shape index (κ3) is 9.70. The molecule has 1 N–H and O–H groups in total. The van der Waals surface area contributed by atoms with Gasteiger partial charge >= 0.3 is 0 Å². The number of hydrogen-bond acceptors (Lipinski definition) is 1. The van der Waals surface area contributed by atoms with Crippen LogP contribution in [0, 0.1) is 5.92 Å². The molecular weight excluding hydrogens is 134 g/mol. The molecule has 0 aliphatic carbocycles. The van der Waals surface area contributed by atoms with Gasteiger partial charge in [0.2, 0.25) is 0 Å². The topological polar surface area (TPSA) is 12.0 Å². The summed E-state index contributed by atoms with van der Waals surface area (Å²) in [7, 11) is 0. The van der Waals surface area contributed by atoms with Crippen LogP contribution < -0.4 is 5.32 Å². The highest BCUT2D eigenvalue weighted by Crippen LogP contribution is 1.94. The fourth-order valence-corrected chi connectivity index (χ4v) is 0.824. The van der Waals surface area contributed by atoms with E-state index in [1.165, 1.54) is 0 Å². The highest BCUT2D eigenvalue weighted by atomic mass is 14.9. The quantitative estimate of drug-likeness (QED) is 0.475. The molecule has 1 nitrogen and oxygen atoms in total.